The average molecular weight is 357 g/mol. The zero-order chi connectivity index (χ0) is 18.8. The van der Waals surface area contributed by atoms with Crippen LogP contribution in [0.5, 0.6) is 0 Å². The van der Waals surface area contributed by atoms with E-state index < -0.39 is 6.55 Å². The zero-order valence-electron chi connectivity index (χ0n) is 15.0. The highest BCUT2D eigenvalue weighted by Gasteiger charge is 2.22. The molecule has 1 amide bonds. The van der Waals surface area contributed by atoms with Gasteiger partial charge in [0.2, 0.25) is 0 Å². The van der Waals surface area contributed by atoms with Gasteiger partial charge < -0.3 is 5.32 Å². The second-order valence-electron chi connectivity index (χ2n) is 6.54. The first-order chi connectivity index (χ1) is 12.4. The van der Waals surface area contributed by atoms with Crippen LogP contribution >= 0.6 is 0 Å². The Balaban J connectivity index is 1.80. The SMILES string of the molecule is Cc1ccc(C(=O)NC[C@@H](C)c2nc3ccccc3n2C(F)F)c(C)c1. The van der Waals surface area contributed by atoms with Crippen LogP contribution in [0, 0.1) is 13.8 Å². The van der Waals surface area contributed by atoms with Crippen molar-refractivity contribution in [1.29, 1.82) is 0 Å². The van der Waals surface area contributed by atoms with E-state index in [1.54, 1.807) is 37.3 Å². The van der Waals surface area contributed by atoms with Crippen molar-refractivity contribution < 1.29 is 13.6 Å². The van der Waals surface area contributed by atoms with Crippen molar-refractivity contribution in [3.8, 4) is 0 Å². The van der Waals surface area contributed by atoms with Crippen molar-refractivity contribution in [2.24, 2.45) is 0 Å². The zero-order valence-corrected chi connectivity index (χ0v) is 15.0. The maximum Gasteiger partial charge on any atom is 0.320 e. The number of hydrogen-bond donors (Lipinski definition) is 1. The van der Waals surface area contributed by atoms with Crippen LogP contribution in [0.25, 0.3) is 11.0 Å². The van der Waals surface area contributed by atoms with Crippen LogP contribution < -0.4 is 5.32 Å². The quantitative estimate of drug-likeness (QED) is 0.726. The maximum absolute atomic E-state index is 13.5. The van der Waals surface area contributed by atoms with Gasteiger partial charge in [0.05, 0.1) is 11.0 Å². The second-order valence-corrected chi connectivity index (χ2v) is 6.54. The molecule has 0 radical (unpaired) electrons. The summed E-state index contributed by atoms with van der Waals surface area (Å²) >= 11 is 0. The summed E-state index contributed by atoms with van der Waals surface area (Å²) in [5.74, 6) is -0.303. The summed E-state index contributed by atoms with van der Waals surface area (Å²) in [5, 5.41) is 2.83. The molecular formula is C20H21F2N3O. The van der Waals surface area contributed by atoms with Gasteiger partial charge in [-0.2, -0.15) is 8.78 Å². The number of aromatic nitrogens is 2. The molecule has 1 N–H and O–H groups in total. The smallest absolute Gasteiger partial charge is 0.320 e. The standard InChI is InChI=1S/C20H21F2N3O/c1-12-8-9-15(13(2)10-12)19(26)23-11-14(3)18-24-16-6-4-5-7-17(16)25(18)20(21)22/h4-10,14,20H,11H2,1-3H3,(H,23,26)/t14-/m1/s1. The maximum atomic E-state index is 13.5. The molecule has 136 valence electrons. The lowest BCUT2D eigenvalue weighted by atomic mass is 10.0. The number of nitrogens with one attached hydrogen (secondary N) is 1. The van der Waals surface area contributed by atoms with E-state index in [1.165, 1.54) is 0 Å². The number of nitrogens with zero attached hydrogens (tertiary/aromatic N) is 2. The summed E-state index contributed by atoms with van der Waals surface area (Å²) in [6, 6.07) is 12.4. The van der Waals surface area contributed by atoms with E-state index in [2.05, 4.69) is 10.3 Å². The molecule has 0 spiro atoms. The Bertz CT molecular complexity index is 949. The van der Waals surface area contributed by atoms with Crippen molar-refractivity contribution in [3.63, 3.8) is 0 Å². The average Bonchev–Trinajstić information content (AvgIpc) is 2.99. The number of para-hydroxylation sites is 2. The van der Waals surface area contributed by atoms with Gasteiger partial charge >= 0.3 is 6.55 Å². The predicted molar refractivity (Wildman–Crippen MR) is 97.7 cm³/mol. The number of rotatable bonds is 5. The number of carbonyl (C=O) groups excluding carboxylic acids is 1. The molecule has 1 heterocycles. The summed E-state index contributed by atoms with van der Waals surface area (Å²) in [5.41, 5.74) is 3.47. The van der Waals surface area contributed by atoms with Crippen LogP contribution in [0.1, 0.15) is 46.7 Å². The first kappa shape index (κ1) is 18.0. The molecule has 0 aliphatic carbocycles. The highest BCUT2D eigenvalue weighted by molar-refractivity contribution is 5.95. The Labute approximate surface area is 150 Å². The van der Waals surface area contributed by atoms with E-state index in [4.69, 9.17) is 0 Å². The third-order valence-corrected chi connectivity index (χ3v) is 4.45. The first-order valence-corrected chi connectivity index (χ1v) is 8.49. The molecule has 0 fully saturated rings. The Morgan fingerprint density at radius 1 is 1.19 bits per heavy atom. The molecule has 4 nitrogen and oxygen atoms in total. The van der Waals surface area contributed by atoms with Gasteiger partial charge in [-0.1, -0.05) is 36.8 Å². The molecule has 2 aromatic carbocycles. The fraction of sp³-hybridized carbons (Fsp3) is 0.300. The first-order valence-electron chi connectivity index (χ1n) is 8.49. The highest BCUT2D eigenvalue weighted by atomic mass is 19.3. The Hall–Kier alpha value is -2.76. The van der Waals surface area contributed by atoms with Crippen LogP contribution in [0.15, 0.2) is 42.5 Å². The number of amides is 1. The molecule has 3 aromatic rings. The number of alkyl halides is 2. The molecule has 26 heavy (non-hydrogen) atoms. The van der Waals surface area contributed by atoms with Crippen molar-refractivity contribution in [1.82, 2.24) is 14.9 Å². The molecule has 3 rings (SSSR count). The van der Waals surface area contributed by atoms with E-state index in [1.807, 2.05) is 26.0 Å². The van der Waals surface area contributed by atoms with Crippen molar-refractivity contribution >= 4 is 16.9 Å². The van der Waals surface area contributed by atoms with Crippen LogP contribution in [-0.2, 0) is 0 Å². The minimum absolute atomic E-state index is 0.214. The largest absolute Gasteiger partial charge is 0.351 e. The number of benzene rings is 2. The number of aryl methyl sites for hydroxylation is 2. The Morgan fingerprint density at radius 2 is 1.92 bits per heavy atom. The lowest BCUT2D eigenvalue weighted by molar-refractivity contribution is 0.0704. The molecule has 0 saturated carbocycles. The number of fused-ring (bicyclic) bond motifs is 1. The van der Waals surface area contributed by atoms with Gasteiger partial charge in [0.25, 0.3) is 5.91 Å². The topological polar surface area (TPSA) is 46.9 Å². The summed E-state index contributed by atoms with van der Waals surface area (Å²) in [4.78, 5) is 16.8. The fourth-order valence-electron chi connectivity index (χ4n) is 3.12. The number of hydrogen-bond acceptors (Lipinski definition) is 2. The summed E-state index contributed by atoms with van der Waals surface area (Å²) in [6.07, 6.45) is 0. The van der Waals surface area contributed by atoms with Gasteiger partial charge in [-0.05, 0) is 37.6 Å². The molecule has 1 atom stereocenters. The third-order valence-electron chi connectivity index (χ3n) is 4.45. The second kappa shape index (κ2) is 7.23. The van der Waals surface area contributed by atoms with Crippen molar-refractivity contribution in [2.45, 2.75) is 33.2 Å². The molecule has 0 saturated heterocycles. The molecule has 0 aliphatic rings. The van der Waals surface area contributed by atoms with Crippen LogP contribution in [0.2, 0.25) is 0 Å². The van der Waals surface area contributed by atoms with Crippen LogP contribution in [0.3, 0.4) is 0 Å². The summed E-state index contributed by atoms with van der Waals surface area (Å²) in [7, 11) is 0. The fourth-order valence-corrected chi connectivity index (χ4v) is 3.12. The van der Waals surface area contributed by atoms with Gasteiger partial charge in [-0.15, -0.1) is 0 Å². The number of imidazole rings is 1. The highest BCUT2D eigenvalue weighted by Crippen LogP contribution is 2.27. The van der Waals surface area contributed by atoms with Gasteiger partial charge in [0.15, 0.2) is 0 Å². The lowest BCUT2D eigenvalue weighted by Gasteiger charge is -2.15. The minimum Gasteiger partial charge on any atom is -0.351 e. The summed E-state index contributed by atoms with van der Waals surface area (Å²) < 4.78 is 28.0. The minimum atomic E-state index is -2.69. The van der Waals surface area contributed by atoms with Crippen molar-refractivity contribution in [2.75, 3.05) is 6.54 Å². The van der Waals surface area contributed by atoms with E-state index >= 15 is 0 Å². The van der Waals surface area contributed by atoms with Gasteiger partial charge in [0, 0.05) is 18.0 Å². The van der Waals surface area contributed by atoms with E-state index in [0.717, 1.165) is 15.7 Å². The molecule has 1 aromatic heterocycles. The van der Waals surface area contributed by atoms with Gasteiger partial charge in [-0.3, -0.25) is 9.36 Å². The van der Waals surface area contributed by atoms with Crippen molar-refractivity contribution in [3.05, 3.63) is 65.0 Å². The van der Waals surface area contributed by atoms with E-state index in [9.17, 15) is 13.6 Å². The van der Waals surface area contributed by atoms with Crippen LogP contribution in [-0.4, -0.2) is 22.0 Å². The predicted octanol–water partition coefficient (Wildman–Crippen LogP) is 4.58. The number of halogens is 2. The van der Waals surface area contributed by atoms with E-state index in [-0.39, 0.29) is 24.2 Å². The Morgan fingerprint density at radius 3 is 2.62 bits per heavy atom. The van der Waals surface area contributed by atoms with Gasteiger partial charge in [0.1, 0.15) is 5.82 Å². The number of carbonyl (C=O) groups is 1. The van der Waals surface area contributed by atoms with Crippen LogP contribution in [0.4, 0.5) is 8.78 Å². The molecule has 0 unspecified atom stereocenters. The van der Waals surface area contributed by atoms with Gasteiger partial charge in [-0.25, -0.2) is 4.98 Å². The summed E-state index contributed by atoms with van der Waals surface area (Å²) in [6.45, 7) is 3.16. The molecule has 6 heteroatoms. The van der Waals surface area contributed by atoms with E-state index in [0.29, 0.717) is 16.6 Å². The molecule has 0 aliphatic heterocycles. The third kappa shape index (κ3) is 3.45. The normalized spacial score (nSPS) is 12.5. The lowest BCUT2D eigenvalue weighted by Crippen LogP contribution is -2.29. The Kier molecular flexibility index (Phi) is 5.02. The molecule has 0 bridgehead atoms. The molecular weight excluding hydrogens is 336 g/mol. The monoisotopic (exact) mass is 357 g/mol.